The molecule has 1 aromatic carbocycles. The fraction of sp³-hybridized carbons (Fsp3) is 0.438. The number of nitrogens with zero attached hydrogens (tertiary/aromatic N) is 1. The number of aryl methyl sites for hydroxylation is 2. The van der Waals surface area contributed by atoms with Gasteiger partial charge in [-0.25, -0.2) is 4.98 Å². The van der Waals surface area contributed by atoms with Crippen LogP contribution in [0.3, 0.4) is 0 Å². The Kier molecular flexibility index (Phi) is 2.89. The lowest BCUT2D eigenvalue weighted by molar-refractivity contribution is 0.460. The van der Waals surface area contributed by atoms with Gasteiger partial charge in [-0.1, -0.05) is 24.3 Å². The van der Waals surface area contributed by atoms with Gasteiger partial charge in [0, 0.05) is 22.9 Å². The summed E-state index contributed by atoms with van der Waals surface area (Å²) in [6, 6.07) is 8.76. The van der Waals surface area contributed by atoms with Gasteiger partial charge in [0.2, 0.25) is 0 Å². The molecule has 2 aromatic rings. The van der Waals surface area contributed by atoms with Crippen LogP contribution in [0.15, 0.2) is 24.3 Å². The SMILES string of the molecule is c1ccc2c(c1)CCc1sc(C3CCCNC3)nc1-2. The quantitative estimate of drug-likeness (QED) is 0.859. The summed E-state index contributed by atoms with van der Waals surface area (Å²) >= 11 is 1.95. The molecule has 19 heavy (non-hydrogen) atoms. The zero-order valence-corrected chi connectivity index (χ0v) is 11.8. The lowest BCUT2D eigenvalue weighted by atomic mass is 9.93. The Hall–Kier alpha value is -1.19. The van der Waals surface area contributed by atoms with Crippen molar-refractivity contribution in [2.24, 2.45) is 0 Å². The minimum absolute atomic E-state index is 0.636. The molecule has 1 fully saturated rings. The molecule has 1 aromatic heterocycles. The zero-order chi connectivity index (χ0) is 12.7. The van der Waals surface area contributed by atoms with Crippen molar-refractivity contribution < 1.29 is 0 Å². The summed E-state index contributed by atoms with van der Waals surface area (Å²) in [5.74, 6) is 0.636. The Morgan fingerprint density at radius 3 is 3.05 bits per heavy atom. The van der Waals surface area contributed by atoms with Gasteiger partial charge in [-0.15, -0.1) is 11.3 Å². The average Bonchev–Trinajstić information content (AvgIpc) is 2.93. The molecule has 1 atom stereocenters. The van der Waals surface area contributed by atoms with Crippen LogP contribution in [0.1, 0.15) is 34.2 Å². The first-order valence-electron chi connectivity index (χ1n) is 7.20. The number of rotatable bonds is 1. The van der Waals surface area contributed by atoms with E-state index < -0.39 is 0 Å². The summed E-state index contributed by atoms with van der Waals surface area (Å²) in [6.45, 7) is 2.28. The molecule has 0 bridgehead atoms. The van der Waals surface area contributed by atoms with Crippen LogP contribution in [-0.2, 0) is 12.8 Å². The van der Waals surface area contributed by atoms with Crippen LogP contribution in [0.25, 0.3) is 11.3 Å². The summed E-state index contributed by atoms with van der Waals surface area (Å²) in [5.41, 5.74) is 4.11. The Bertz CT molecular complexity index is 597. The van der Waals surface area contributed by atoms with Crippen LogP contribution in [0, 0.1) is 0 Å². The van der Waals surface area contributed by atoms with Crippen molar-refractivity contribution in [3.05, 3.63) is 39.7 Å². The smallest absolute Gasteiger partial charge is 0.0979 e. The van der Waals surface area contributed by atoms with E-state index in [1.54, 1.807) is 0 Å². The molecular weight excluding hydrogens is 252 g/mol. The Morgan fingerprint density at radius 1 is 1.21 bits per heavy atom. The van der Waals surface area contributed by atoms with Gasteiger partial charge in [-0.3, -0.25) is 0 Å². The molecule has 1 N–H and O–H groups in total. The highest BCUT2D eigenvalue weighted by atomic mass is 32.1. The highest BCUT2D eigenvalue weighted by Gasteiger charge is 2.24. The number of nitrogens with one attached hydrogen (secondary N) is 1. The fourth-order valence-corrected chi connectivity index (χ4v) is 4.42. The van der Waals surface area contributed by atoms with Crippen molar-refractivity contribution in [1.82, 2.24) is 10.3 Å². The van der Waals surface area contributed by atoms with Crippen LogP contribution >= 0.6 is 11.3 Å². The summed E-state index contributed by atoms with van der Waals surface area (Å²) < 4.78 is 0. The summed E-state index contributed by atoms with van der Waals surface area (Å²) in [5, 5.41) is 4.85. The minimum Gasteiger partial charge on any atom is -0.316 e. The molecule has 0 saturated carbocycles. The van der Waals surface area contributed by atoms with Gasteiger partial charge >= 0.3 is 0 Å². The number of hydrogen-bond donors (Lipinski definition) is 1. The van der Waals surface area contributed by atoms with Crippen LogP contribution in [-0.4, -0.2) is 18.1 Å². The lowest BCUT2D eigenvalue weighted by Gasteiger charge is -2.20. The summed E-state index contributed by atoms with van der Waals surface area (Å²) in [6.07, 6.45) is 4.92. The van der Waals surface area contributed by atoms with Crippen molar-refractivity contribution in [2.45, 2.75) is 31.6 Å². The molecule has 98 valence electrons. The first-order chi connectivity index (χ1) is 9.42. The van der Waals surface area contributed by atoms with Gasteiger partial charge in [0.05, 0.1) is 10.7 Å². The first-order valence-corrected chi connectivity index (χ1v) is 8.02. The molecule has 2 heterocycles. The number of aromatic nitrogens is 1. The lowest BCUT2D eigenvalue weighted by Crippen LogP contribution is -2.28. The van der Waals surface area contributed by atoms with Crippen molar-refractivity contribution in [1.29, 1.82) is 0 Å². The van der Waals surface area contributed by atoms with Crippen LogP contribution in [0.2, 0.25) is 0 Å². The molecule has 2 nitrogen and oxygen atoms in total. The van der Waals surface area contributed by atoms with E-state index in [0.29, 0.717) is 5.92 Å². The number of thiazole rings is 1. The monoisotopic (exact) mass is 270 g/mol. The van der Waals surface area contributed by atoms with Crippen molar-refractivity contribution in [3.8, 4) is 11.3 Å². The Morgan fingerprint density at radius 2 is 2.16 bits per heavy atom. The Labute approximate surface area is 117 Å². The second-order valence-corrected chi connectivity index (χ2v) is 6.64. The van der Waals surface area contributed by atoms with E-state index in [1.165, 1.54) is 58.9 Å². The zero-order valence-electron chi connectivity index (χ0n) is 11.0. The molecule has 0 spiro atoms. The van der Waals surface area contributed by atoms with E-state index in [4.69, 9.17) is 4.98 Å². The van der Waals surface area contributed by atoms with E-state index in [0.717, 1.165) is 6.54 Å². The maximum absolute atomic E-state index is 4.99. The number of benzene rings is 1. The summed E-state index contributed by atoms with van der Waals surface area (Å²) in [4.78, 5) is 6.49. The van der Waals surface area contributed by atoms with Crippen molar-refractivity contribution >= 4 is 11.3 Å². The molecule has 3 heteroatoms. The standard InChI is InChI=1S/C16H18N2S/c1-2-6-13-11(4-1)7-8-14-15(13)18-16(19-14)12-5-3-9-17-10-12/h1-2,4,6,12,17H,3,5,7-10H2. The van der Waals surface area contributed by atoms with Gasteiger partial charge in [0.1, 0.15) is 0 Å². The maximum atomic E-state index is 4.99. The molecule has 1 aliphatic heterocycles. The van der Waals surface area contributed by atoms with Gasteiger partial charge in [0.25, 0.3) is 0 Å². The predicted molar refractivity (Wildman–Crippen MR) is 79.8 cm³/mol. The molecule has 2 aliphatic rings. The van der Waals surface area contributed by atoms with Gasteiger partial charge in [-0.05, 0) is 37.8 Å². The highest BCUT2D eigenvalue weighted by Crippen LogP contribution is 2.39. The number of piperidine rings is 1. The van der Waals surface area contributed by atoms with E-state index in [9.17, 15) is 0 Å². The molecule has 1 aliphatic carbocycles. The van der Waals surface area contributed by atoms with E-state index in [2.05, 4.69) is 29.6 Å². The second-order valence-electron chi connectivity index (χ2n) is 5.52. The van der Waals surface area contributed by atoms with Crippen LogP contribution in [0.4, 0.5) is 0 Å². The summed E-state index contributed by atoms with van der Waals surface area (Å²) in [7, 11) is 0. The molecule has 1 unspecified atom stereocenters. The third-order valence-electron chi connectivity index (χ3n) is 4.25. The fourth-order valence-electron chi connectivity index (χ4n) is 3.20. The van der Waals surface area contributed by atoms with E-state index in [1.807, 2.05) is 11.3 Å². The van der Waals surface area contributed by atoms with Crippen LogP contribution in [0.5, 0.6) is 0 Å². The highest BCUT2D eigenvalue weighted by molar-refractivity contribution is 7.12. The molecular formula is C16H18N2S. The topological polar surface area (TPSA) is 24.9 Å². The van der Waals surface area contributed by atoms with Crippen molar-refractivity contribution in [3.63, 3.8) is 0 Å². The maximum Gasteiger partial charge on any atom is 0.0979 e. The third kappa shape index (κ3) is 2.01. The Balaban J connectivity index is 1.74. The molecule has 1 saturated heterocycles. The third-order valence-corrected chi connectivity index (χ3v) is 5.53. The predicted octanol–water partition coefficient (Wildman–Crippen LogP) is 3.38. The van der Waals surface area contributed by atoms with Crippen molar-refractivity contribution in [2.75, 3.05) is 13.1 Å². The minimum atomic E-state index is 0.636. The molecule has 0 radical (unpaired) electrons. The van der Waals surface area contributed by atoms with E-state index in [-0.39, 0.29) is 0 Å². The van der Waals surface area contributed by atoms with Gasteiger partial charge in [0.15, 0.2) is 0 Å². The average molecular weight is 270 g/mol. The van der Waals surface area contributed by atoms with Gasteiger partial charge < -0.3 is 5.32 Å². The first kappa shape index (κ1) is 11.6. The molecule has 4 rings (SSSR count). The second kappa shape index (κ2) is 4.73. The molecule has 0 amide bonds. The number of fused-ring (bicyclic) bond motifs is 3. The van der Waals surface area contributed by atoms with Crippen LogP contribution < -0.4 is 5.32 Å². The van der Waals surface area contributed by atoms with E-state index >= 15 is 0 Å². The normalized spacial score (nSPS) is 21.8. The largest absolute Gasteiger partial charge is 0.316 e. The number of hydrogen-bond acceptors (Lipinski definition) is 3. The van der Waals surface area contributed by atoms with Gasteiger partial charge in [-0.2, -0.15) is 0 Å².